The van der Waals surface area contributed by atoms with Gasteiger partial charge in [0.2, 0.25) is 0 Å². The Bertz CT molecular complexity index is 826. The van der Waals surface area contributed by atoms with Crippen molar-refractivity contribution in [1.82, 2.24) is 0 Å². The Labute approximate surface area is 134 Å². The Balaban J connectivity index is 2.17. The van der Waals surface area contributed by atoms with Gasteiger partial charge < -0.3 is 9.52 Å². The Morgan fingerprint density at radius 2 is 2.00 bits per heavy atom. The first kappa shape index (κ1) is 14.6. The minimum absolute atomic E-state index is 0.126. The van der Waals surface area contributed by atoms with E-state index in [2.05, 4.69) is 15.9 Å². The highest BCUT2D eigenvalue weighted by Gasteiger charge is 2.32. The smallest absolute Gasteiger partial charge is 0.170 e. The van der Waals surface area contributed by atoms with E-state index in [0.717, 1.165) is 4.47 Å². The monoisotopic (exact) mass is 368 g/mol. The summed E-state index contributed by atoms with van der Waals surface area (Å²) < 4.78 is 20.0. The third kappa shape index (κ3) is 2.48. The van der Waals surface area contributed by atoms with Crippen LogP contribution in [0.15, 0.2) is 51.4 Å². The second kappa shape index (κ2) is 5.13. The highest BCUT2D eigenvalue weighted by atomic mass is 79.9. The molecule has 0 saturated carbocycles. The van der Waals surface area contributed by atoms with Gasteiger partial charge in [0, 0.05) is 20.4 Å². The standard InChI is InChI=1S/C16H11BrClFO2/c1-16(20,11-6-5-10(17)8-12(11)18)14-7-9-3-2-4-13(19)15(9)21-14/h2-8,20H,1H3. The van der Waals surface area contributed by atoms with Gasteiger partial charge in [-0.1, -0.05) is 45.7 Å². The number of benzene rings is 2. The van der Waals surface area contributed by atoms with E-state index in [4.69, 9.17) is 16.0 Å². The van der Waals surface area contributed by atoms with Gasteiger partial charge in [-0.05, 0) is 31.2 Å². The SMILES string of the molecule is CC(O)(c1cc2cccc(F)c2o1)c1ccc(Br)cc1Cl. The molecule has 0 aliphatic rings. The molecular formula is C16H11BrClFO2. The van der Waals surface area contributed by atoms with E-state index in [0.29, 0.717) is 16.0 Å². The second-order valence-corrected chi connectivity index (χ2v) is 6.29. The molecule has 5 heteroatoms. The summed E-state index contributed by atoms with van der Waals surface area (Å²) >= 11 is 9.51. The van der Waals surface area contributed by atoms with Crippen LogP contribution in [0.5, 0.6) is 0 Å². The van der Waals surface area contributed by atoms with Crippen molar-refractivity contribution in [3.8, 4) is 0 Å². The molecule has 3 rings (SSSR count). The van der Waals surface area contributed by atoms with E-state index >= 15 is 0 Å². The van der Waals surface area contributed by atoms with Crippen LogP contribution >= 0.6 is 27.5 Å². The number of para-hydroxylation sites is 1. The minimum atomic E-state index is -1.46. The number of hydrogen-bond acceptors (Lipinski definition) is 2. The molecule has 0 aliphatic carbocycles. The molecule has 0 saturated heterocycles. The fourth-order valence-corrected chi connectivity index (χ4v) is 3.14. The molecule has 21 heavy (non-hydrogen) atoms. The van der Waals surface area contributed by atoms with Crippen LogP contribution in [0.1, 0.15) is 18.2 Å². The molecule has 1 heterocycles. The van der Waals surface area contributed by atoms with Crippen LogP contribution in [-0.2, 0) is 5.60 Å². The molecule has 2 aromatic carbocycles. The van der Waals surface area contributed by atoms with Crippen molar-refractivity contribution in [3.05, 3.63) is 69.1 Å². The van der Waals surface area contributed by atoms with Gasteiger partial charge in [0.05, 0.1) is 0 Å². The highest BCUT2D eigenvalue weighted by Crippen LogP contribution is 2.38. The number of rotatable bonds is 2. The molecule has 1 atom stereocenters. The number of aliphatic hydroxyl groups is 1. The van der Waals surface area contributed by atoms with E-state index in [1.807, 2.05) is 0 Å². The average molecular weight is 370 g/mol. The minimum Gasteiger partial charge on any atom is -0.455 e. The molecule has 2 nitrogen and oxygen atoms in total. The van der Waals surface area contributed by atoms with Crippen molar-refractivity contribution >= 4 is 38.5 Å². The average Bonchev–Trinajstić information content (AvgIpc) is 2.84. The Kier molecular flexibility index (Phi) is 3.56. The molecule has 0 bridgehead atoms. The predicted molar refractivity (Wildman–Crippen MR) is 84.0 cm³/mol. The summed E-state index contributed by atoms with van der Waals surface area (Å²) in [6, 6.07) is 11.4. The fourth-order valence-electron chi connectivity index (χ4n) is 2.28. The third-order valence-corrected chi connectivity index (χ3v) is 4.24. The summed E-state index contributed by atoms with van der Waals surface area (Å²) in [4.78, 5) is 0. The molecular weight excluding hydrogens is 359 g/mol. The van der Waals surface area contributed by atoms with Crippen LogP contribution in [0, 0.1) is 5.82 Å². The summed E-state index contributed by atoms with van der Waals surface area (Å²) in [5, 5.41) is 11.8. The number of furan rings is 1. The van der Waals surface area contributed by atoms with Crippen molar-refractivity contribution in [1.29, 1.82) is 0 Å². The third-order valence-electron chi connectivity index (χ3n) is 3.43. The molecule has 3 aromatic rings. The maximum atomic E-state index is 13.7. The molecule has 0 amide bonds. The summed E-state index contributed by atoms with van der Waals surface area (Å²) in [6.07, 6.45) is 0. The maximum absolute atomic E-state index is 13.7. The van der Waals surface area contributed by atoms with E-state index in [1.165, 1.54) is 6.07 Å². The zero-order chi connectivity index (χ0) is 15.2. The molecule has 0 radical (unpaired) electrons. The van der Waals surface area contributed by atoms with Crippen molar-refractivity contribution in [2.75, 3.05) is 0 Å². The molecule has 0 spiro atoms. The molecule has 1 N–H and O–H groups in total. The zero-order valence-electron chi connectivity index (χ0n) is 11.0. The second-order valence-electron chi connectivity index (χ2n) is 4.97. The lowest BCUT2D eigenvalue weighted by Crippen LogP contribution is -2.22. The first-order valence-electron chi connectivity index (χ1n) is 6.26. The van der Waals surface area contributed by atoms with Gasteiger partial charge in [-0.2, -0.15) is 0 Å². The summed E-state index contributed by atoms with van der Waals surface area (Å²) in [5.41, 5.74) is -0.837. The summed E-state index contributed by atoms with van der Waals surface area (Å²) in [7, 11) is 0. The lowest BCUT2D eigenvalue weighted by atomic mass is 9.93. The van der Waals surface area contributed by atoms with Crippen LogP contribution in [-0.4, -0.2) is 5.11 Å². The molecule has 0 aliphatic heterocycles. The Hall–Kier alpha value is -1.36. The number of halogens is 3. The summed E-state index contributed by atoms with van der Waals surface area (Å²) in [5.74, 6) is -0.219. The predicted octanol–water partition coefficient (Wildman–Crippen LogP) is 5.24. The van der Waals surface area contributed by atoms with Gasteiger partial charge in [0.1, 0.15) is 11.4 Å². The maximum Gasteiger partial charge on any atom is 0.170 e. The van der Waals surface area contributed by atoms with Crippen molar-refractivity contribution in [2.45, 2.75) is 12.5 Å². The van der Waals surface area contributed by atoms with Crippen LogP contribution in [0.2, 0.25) is 5.02 Å². The van der Waals surface area contributed by atoms with E-state index in [1.54, 1.807) is 43.3 Å². The van der Waals surface area contributed by atoms with Crippen molar-refractivity contribution in [2.24, 2.45) is 0 Å². The number of fused-ring (bicyclic) bond motifs is 1. The fraction of sp³-hybridized carbons (Fsp3) is 0.125. The van der Waals surface area contributed by atoms with Crippen LogP contribution in [0.25, 0.3) is 11.0 Å². The first-order chi connectivity index (χ1) is 9.89. The summed E-state index contributed by atoms with van der Waals surface area (Å²) in [6.45, 7) is 1.57. The van der Waals surface area contributed by atoms with Gasteiger partial charge in [0.25, 0.3) is 0 Å². The molecule has 108 valence electrons. The number of hydrogen-bond donors (Lipinski definition) is 1. The topological polar surface area (TPSA) is 33.4 Å². The van der Waals surface area contributed by atoms with E-state index in [-0.39, 0.29) is 11.3 Å². The van der Waals surface area contributed by atoms with Gasteiger partial charge in [-0.15, -0.1) is 0 Å². The lowest BCUT2D eigenvalue weighted by Gasteiger charge is -2.22. The van der Waals surface area contributed by atoms with Crippen molar-refractivity contribution in [3.63, 3.8) is 0 Å². The largest absolute Gasteiger partial charge is 0.455 e. The normalized spacial score (nSPS) is 14.3. The highest BCUT2D eigenvalue weighted by molar-refractivity contribution is 9.10. The lowest BCUT2D eigenvalue weighted by molar-refractivity contribution is 0.0785. The van der Waals surface area contributed by atoms with Gasteiger partial charge in [-0.3, -0.25) is 0 Å². The molecule has 1 aromatic heterocycles. The molecule has 0 fully saturated rings. The van der Waals surface area contributed by atoms with Crippen molar-refractivity contribution < 1.29 is 13.9 Å². The Morgan fingerprint density at radius 3 is 2.67 bits per heavy atom. The van der Waals surface area contributed by atoms with Crippen LogP contribution in [0.3, 0.4) is 0 Å². The van der Waals surface area contributed by atoms with Gasteiger partial charge in [-0.25, -0.2) is 4.39 Å². The van der Waals surface area contributed by atoms with Crippen LogP contribution < -0.4 is 0 Å². The van der Waals surface area contributed by atoms with Gasteiger partial charge >= 0.3 is 0 Å². The first-order valence-corrected chi connectivity index (χ1v) is 7.43. The van der Waals surface area contributed by atoms with E-state index < -0.39 is 11.4 Å². The van der Waals surface area contributed by atoms with Crippen LogP contribution in [0.4, 0.5) is 4.39 Å². The van der Waals surface area contributed by atoms with E-state index in [9.17, 15) is 9.50 Å². The Morgan fingerprint density at radius 1 is 1.24 bits per heavy atom. The van der Waals surface area contributed by atoms with Gasteiger partial charge in [0.15, 0.2) is 11.4 Å². The zero-order valence-corrected chi connectivity index (χ0v) is 13.4. The molecule has 1 unspecified atom stereocenters. The quantitative estimate of drug-likeness (QED) is 0.670.